The van der Waals surface area contributed by atoms with Crippen LogP contribution in [0, 0.1) is 0 Å². The van der Waals surface area contributed by atoms with Crippen molar-refractivity contribution in [1.82, 2.24) is 5.32 Å². The third-order valence-corrected chi connectivity index (χ3v) is 6.37. The van der Waals surface area contributed by atoms with Gasteiger partial charge in [-0.3, -0.25) is 4.79 Å². The Hall–Kier alpha value is -2.19. The van der Waals surface area contributed by atoms with Crippen molar-refractivity contribution in [3.05, 3.63) is 48.3 Å². The molecule has 0 radical (unpaired) electrons. The van der Waals surface area contributed by atoms with Crippen LogP contribution in [-0.4, -0.2) is 39.3 Å². The molecule has 1 aliphatic carbocycles. The van der Waals surface area contributed by atoms with Gasteiger partial charge < -0.3 is 15.8 Å². The van der Waals surface area contributed by atoms with Crippen LogP contribution in [-0.2, 0) is 14.6 Å². The zero-order chi connectivity index (χ0) is 20.6. The summed E-state index contributed by atoms with van der Waals surface area (Å²) in [7, 11) is -3.56. The predicted molar refractivity (Wildman–Crippen MR) is 106 cm³/mol. The fourth-order valence-electron chi connectivity index (χ4n) is 2.62. The molecule has 1 saturated carbocycles. The molecule has 0 aromatic heterocycles. The fourth-order valence-corrected chi connectivity index (χ4v) is 4.02. The third kappa shape index (κ3) is 6.76. The lowest BCUT2D eigenvalue weighted by Crippen LogP contribution is -2.39. The van der Waals surface area contributed by atoms with Crippen molar-refractivity contribution in [2.75, 3.05) is 18.9 Å². The first-order chi connectivity index (χ1) is 13.3. The monoisotopic (exact) mass is 410 g/mol. The van der Waals surface area contributed by atoms with Crippen LogP contribution in [0.2, 0.25) is 0 Å². The van der Waals surface area contributed by atoms with Crippen LogP contribution in [0.15, 0.2) is 53.2 Å². The summed E-state index contributed by atoms with van der Waals surface area (Å²) < 4.78 is 42.9. The molecule has 0 spiro atoms. The number of benzene rings is 1. The molecular weight excluding hydrogens is 383 g/mol. The van der Waals surface area contributed by atoms with Crippen LogP contribution in [0.1, 0.15) is 32.1 Å². The van der Waals surface area contributed by atoms with E-state index in [9.17, 15) is 17.6 Å². The van der Waals surface area contributed by atoms with Crippen molar-refractivity contribution in [2.45, 2.75) is 43.0 Å². The zero-order valence-electron chi connectivity index (χ0n) is 15.8. The largest absolute Gasteiger partial charge is 0.489 e. The molecule has 0 aliphatic heterocycles. The summed E-state index contributed by atoms with van der Waals surface area (Å²) in [5, 5.41) is 2.92. The van der Waals surface area contributed by atoms with E-state index in [0.717, 1.165) is 19.3 Å². The molecule has 1 amide bonds. The second-order valence-electron chi connectivity index (χ2n) is 6.94. The van der Waals surface area contributed by atoms with Gasteiger partial charge in [-0.2, -0.15) is 0 Å². The van der Waals surface area contributed by atoms with Crippen molar-refractivity contribution in [1.29, 1.82) is 0 Å². The van der Waals surface area contributed by atoms with Gasteiger partial charge in [0.1, 0.15) is 12.4 Å². The maximum Gasteiger partial charge on any atom is 0.220 e. The van der Waals surface area contributed by atoms with E-state index in [1.54, 1.807) is 0 Å². The summed E-state index contributed by atoms with van der Waals surface area (Å²) in [6.45, 7) is 3.84. The second kappa shape index (κ2) is 10.4. The topological polar surface area (TPSA) is 98.5 Å². The minimum Gasteiger partial charge on any atom is -0.489 e. The molecule has 6 nitrogen and oxygen atoms in total. The minimum absolute atomic E-state index is 0.00117. The molecule has 28 heavy (non-hydrogen) atoms. The zero-order valence-corrected chi connectivity index (χ0v) is 16.6. The van der Waals surface area contributed by atoms with Gasteiger partial charge in [-0.05, 0) is 49.9 Å². The van der Waals surface area contributed by atoms with Crippen molar-refractivity contribution in [3.8, 4) is 5.75 Å². The Morgan fingerprint density at radius 2 is 1.96 bits per heavy atom. The van der Waals surface area contributed by atoms with Crippen LogP contribution in [0.5, 0.6) is 5.75 Å². The Kier molecular flexibility index (Phi) is 8.19. The Labute approximate surface area is 165 Å². The average Bonchev–Trinajstić information content (AvgIpc) is 2.64. The first-order valence-corrected chi connectivity index (χ1v) is 10.9. The molecule has 1 aliphatic rings. The van der Waals surface area contributed by atoms with Crippen molar-refractivity contribution in [3.63, 3.8) is 0 Å². The van der Waals surface area contributed by atoms with Gasteiger partial charge in [0.25, 0.3) is 0 Å². The van der Waals surface area contributed by atoms with Crippen LogP contribution >= 0.6 is 0 Å². The van der Waals surface area contributed by atoms with Crippen LogP contribution in [0.3, 0.4) is 0 Å². The number of halogens is 1. The Morgan fingerprint density at radius 3 is 2.50 bits per heavy atom. The summed E-state index contributed by atoms with van der Waals surface area (Å²) in [4.78, 5) is 12.0. The average molecular weight is 411 g/mol. The molecule has 1 fully saturated rings. The van der Waals surface area contributed by atoms with Crippen molar-refractivity contribution < 1.29 is 22.3 Å². The number of rotatable bonds is 11. The van der Waals surface area contributed by atoms with Gasteiger partial charge in [0.2, 0.25) is 5.91 Å². The van der Waals surface area contributed by atoms with Crippen molar-refractivity contribution in [2.24, 2.45) is 5.73 Å². The SMILES string of the molecule is C=C(CCC(=O)NC1CCC1)CS(=O)(=O)c1ccc(OC/C(=C/F)CN)cc1. The molecule has 154 valence electrons. The molecule has 2 rings (SSSR count). The molecule has 8 heteroatoms. The quantitative estimate of drug-likeness (QED) is 0.547. The number of ether oxygens (including phenoxy) is 1. The lowest BCUT2D eigenvalue weighted by Gasteiger charge is -2.26. The first-order valence-electron chi connectivity index (χ1n) is 9.24. The highest BCUT2D eigenvalue weighted by Gasteiger charge is 2.20. The van der Waals surface area contributed by atoms with Gasteiger partial charge in [0.15, 0.2) is 9.84 Å². The van der Waals surface area contributed by atoms with E-state index in [1.807, 2.05) is 0 Å². The maximum absolute atomic E-state index is 12.5. The Balaban J connectivity index is 1.83. The predicted octanol–water partition coefficient (Wildman–Crippen LogP) is 2.66. The summed E-state index contributed by atoms with van der Waals surface area (Å²) >= 11 is 0. The first kappa shape index (κ1) is 22.1. The molecule has 0 atom stereocenters. The van der Waals surface area contributed by atoms with E-state index in [4.69, 9.17) is 10.5 Å². The maximum atomic E-state index is 12.5. The highest BCUT2D eigenvalue weighted by molar-refractivity contribution is 7.91. The van der Waals surface area contributed by atoms with Crippen LogP contribution in [0.4, 0.5) is 4.39 Å². The number of carbonyl (C=O) groups is 1. The number of sulfone groups is 1. The molecule has 0 bridgehead atoms. The standard InChI is InChI=1S/C20H27FN2O4S/c1-15(5-10-20(24)23-17-3-2-4-17)14-28(25,26)19-8-6-18(7-9-19)27-13-16(11-21)12-22/h6-9,11,17H,1-5,10,12-14,22H2,(H,23,24)/b16-11+. The van der Waals surface area contributed by atoms with Gasteiger partial charge in [-0.15, -0.1) is 0 Å². The van der Waals surface area contributed by atoms with Crippen LogP contribution in [0.25, 0.3) is 0 Å². The number of nitrogens with one attached hydrogen (secondary N) is 1. The molecule has 0 saturated heterocycles. The number of carbonyl (C=O) groups excluding carboxylic acids is 1. The van der Waals surface area contributed by atoms with Gasteiger partial charge >= 0.3 is 0 Å². The summed E-state index contributed by atoms with van der Waals surface area (Å²) in [5.74, 6) is 0.133. The Bertz CT molecular complexity index is 815. The molecular formula is C20H27FN2O4S. The van der Waals surface area contributed by atoms with Gasteiger partial charge in [0.05, 0.1) is 17.0 Å². The number of nitrogens with two attached hydrogens (primary N) is 1. The summed E-state index contributed by atoms with van der Waals surface area (Å²) in [6.07, 6.45) is 4.13. The smallest absolute Gasteiger partial charge is 0.220 e. The minimum atomic E-state index is -3.56. The van der Waals surface area contributed by atoms with E-state index in [2.05, 4.69) is 11.9 Å². The number of hydrogen-bond donors (Lipinski definition) is 2. The lowest BCUT2D eigenvalue weighted by molar-refractivity contribution is -0.122. The molecule has 3 N–H and O–H groups in total. The van der Waals surface area contributed by atoms with E-state index in [0.29, 0.717) is 29.6 Å². The second-order valence-corrected chi connectivity index (χ2v) is 8.93. The molecule has 1 aromatic rings. The van der Waals surface area contributed by atoms with Crippen LogP contribution < -0.4 is 15.8 Å². The number of amides is 1. The van der Waals surface area contributed by atoms with E-state index in [1.165, 1.54) is 24.3 Å². The summed E-state index contributed by atoms with van der Waals surface area (Å²) in [6, 6.07) is 6.15. The normalized spacial score (nSPS) is 15.0. The lowest BCUT2D eigenvalue weighted by atomic mass is 9.93. The molecule has 0 heterocycles. The summed E-state index contributed by atoms with van der Waals surface area (Å²) in [5.41, 5.74) is 6.14. The molecule has 0 unspecified atom stereocenters. The van der Waals surface area contributed by atoms with E-state index in [-0.39, 0.29) is 42.2 Å². The van der Waals surface area contributed by atoms with Gasteiger partial charge in [0, 0.05) is 24.6 Å². The van der Waals surface area contributed by atoms with E-state index >= 15 is 0 Å². The number of hydrogen-bond acceptors (Lipinski definition) is 5. The van der Waals surface area contributed by atoms with Gasteiger partial charge in [-0.25, -0.2) is 12.8 Å². The Morgan fingerprint density at radius 1 is 1.29 bits per heavy atom. The van der Waals surface area contributed by atoms with Gasteiger partial charge in [-0.1, -0.05) is 12.2 Å². The highest BCUT2D eigenvalue weighted by atomic mass is 32.2. The van der Waals surface area contributed by atoms with Crippen molar-refractivity contribution >= 4 is 15.7 Å². The fraction of sp³-hybridized carbons (Fsp3) is 0.450. The van der Waals surface area contributed by atoms with E-state index < -0.39 is 9.84 Å². The molecule has 1 aromatic carbocycles. The highest BCUT2D eigenvalue weighted by Crippen LogP contribution is 2.21. The third-order valence-electron chi connectivity index (χ3n) is 4.59.